The number of nitrogens with zero attached hydrogens (tertiary/aromatic N) is 2. The quantitative estimate of drug-likeness (QED) is 0.750. The van der Waals surface area contributed by atoms with Crippen LogP contribution in [0.2, 0.25) is 0 Å². The van der Waals surface area contributed by atoms with Crippen LogP contribution in [-0.2, 0) is 9.53 Å². The standard InChI is InChI=1S/C21H18N2O5/c24-20(23-10-11-27-18(13-23)21(25)26)16-9-5-4-8-15(16)19-22-12-17(28-19)14-6-2-1-3-7-14/h1-9,12,18H,10-11,13H2,(H,25,26). The highest BCUT2D eigenvalue weighted by Crippen LogP contribution is 2.29. The third-order valence-electron chi connectivity index (χ3n) is 4.58. The molecule has 1 atom stereocenters. The molecule has 2 heterocycles. The Bertz CT molecular complexity index is 999. The van der Waals surface area contributed by atoms with Gasteiger partial charge in [0.15, 0.2) is 11.9 Å². The zero-order valence-electron chi connectivity index (χ0n) is 14.9. The first-order valence-electron chi connectivity index (χ1n) is 8.88. The Morgan fingerprint density at radius 2 is 1.82 bits per heavy atom. The summed E-state index contributed by atoms with van der Waals surface area (Å²) in [4.78, 5) is 30.1. The lowest BCUT2D eigenvalue weighted by molar-refractivity contribution is -0.154. The summed E-state index contributed by atoms with van der Waals surface area (Å²) in [5, 5.41) is 9.16. The van der Waals surface area contributed by atoms with Crippen LogP contribution in [0.25, 0.3) is 22.8 Å². The summed E-state index contributed by atoms with van der Waals surface area (Å²) in [7, 11) is 0. The number of aliphatic carboxylic acids is 1. The minimum atomic E-state index is -1.08. The molecule has 0 spiro atoms. The number of oxazole rings is 1. The van der Waals surface area contributed by atoms with Gasteiger partial charge in [0.05, 0.1) is 24.9 Å². The van der Waals surface area contributed by atoms with Crippen LogP contribution < -0.4 is 0 Å². The fourth-order valence-corrected chi connectivity index (χ4v) is 3.14. The van der Waals surface area contributed by atoms with E-state index in [0.29, 0.717) is 29.3 Å². The number of aromatic nitrogens is 1. The maximum Gasteiger partial charge on any atom is 0.334 e. The zero-order valence-corrected chi connectivity index (χ0v) is 14.9. The lowest BCUT2D eigenvalue weighted by atomic mass is 10.1. The molecule has 0 radical (unpaired) electrons. The normalized spacial score (nSPS) is 16.7. The molecule has 1 N–H and O–H groups in total. The molecule has 0 saturated carbocycles. The van der Waals surface area contributed by atoms with Crippen molar-refractivity contribution in [1.82, 2.24) is 9.88 Å². The van der Waals surface area contributed by atoms with Crippen molar-refractivity contribution in [1.29, 1.82) is 0 Å². The number of morpholine rings is 1. The molecule has 1 amide bonds. The Labute approximate surface area is 161 Å². The molecule has 0 bridgehead atoms. The predicted octanol–water partition coefficient (Wildman–Crippen LogP) is 2.93. The van der Waals surface area contributed by atoms with Crippen LogP contribution in [0.15, 0.2) is 65.2 Å². The molecule has 7 nitrogen and oxygen atoms in total. The van der Waals surface area contributed by atoms with Gasteiger partial charge in [-0.15, -0.1) is 0 Å². The van der Waals surface area contributed by atoms with Crippen molar-refractivity contribution in [3.63, 3.8) is 0 Å². The number of hydrogen-bond donors (Lipinski definition) is 1. The Balaban J connectivity index is 1.63. The smallest absolute Gasteiger partial charge is 0.334 e. The minimum absolute atomic E-state index is 0.00332. The molecule has 1 aliphatic heterocycles. The van der Waals surface area contributed by atoms with Crippen LogP contribution in [0.4, 0.5) is 0 Å². The van der Waals surface area contributed by atoms with Gasteiger partial charge < -0.3 is 19.2 Å². The van der Waals surface area contributed by atoms with Crippen LogP contribution >= 0.6 is 0 Å². The minimum Gasteiger partial charge on any atom is -0.479 e. The van der Waals surface area contributed by atoms with E-state index in [0.717, 1.165) is 5.56 Å². The van der Waals surface area contributed by atoms with Crippen molar-refractivity contribution in [2.75, 3.05) is 19.7 Å². The number of rotatable bonds is 4. The second kappa shape index (κ2) is 7.66. The Morgan fingerprint density at radius 3 is 2.61 bits per heavy atom. The predicted molar refractivity (Wildman–Crippen MR) is 101 cm³/mol. The maximum atomic E-state index is 13.0. The average Bonchev–Trinajstić information content (AvgIpc) is 3.24. The van der Waals surface area contributed by atoms with E-state index >= 15 is 0 Å². The van der Waals surface area contributed by atoms with Crippen molar-refractivity contribution in [3.8, 4) is 22.8 Å². The number of benzene rings is 2. The van der Waals surface area contributed by atoms with E-state index < -0.39 is 12.1 Å². The van der Waals surface area contributed by atoms with Crippen molar-refractivity contribution >= 4 is 11.9 Å². The lowest BCUT2D eigenvalue weighted by Crippen LogP contribution is -2.48. The van der Waals surface area contributed by atoms with Gasteiger partial charge in [0, 0.05) is 17.7 Å². The third kappa shape index (κ3) is 3.52. The second-order valence-corrected chi connectivity index (χ2v) is 6.39. The number of carbonyl (C=O) groups excluding carboxylic acids is 1. The molecule has 2 aromatic carbocycles. The molecule has 4 rings (SSSR count). The Hall–Kier alpha value is -3.45. The molecule has 7 heteroatoms. The summed E-state index contributed by atoms with van der Waals surface area (Å²) in [6.07, 6.45) is 0.609. The van der Waals surface area contributed by atoms with Crippen LogP contribution in [0.1, 0.15) is 10.4 Å². The van der Waals surface area contributed by atoms with E-state index in [1.54, 1.807) is 30.5 Å². The van der Waals surface area contributed by atoms with E-state index in [9.17, 15) is 9.59 Å². The molecule has 1 aliphatic rings. The van der Waals surface area contributed by atoms with E-state index in [1.165, 1.54) is 4.90 Å². The molecule has 1 saturated heterocycles. The monoisotopic (exact) mass is 378 g/mol. The van der Waals surface area contributed by atoms with E-state index in [-0.39, 0.29) is 19.1 Å². The number of carboxylic acids is 1. The highest BCUT2D eigenvalue weighted by Gasteiger charge is 2.30. The Morgan fingerprint density at radius 1 is 1.07 bits per heavy atom. The Kier molecular flexibility index (Phi) is 4.90. The van der Waals surface area contributed by atoms with Gasteiger partial charge in [-0.1, -0.05) is 42.5 Å². The molecule has 0 aliphatic carbocycles. The topological polar surface area (TPSA) is 92.9 Å². The molecular weight excluding hydrogens is 360 g/mol. The number of carbonyl (C=O) groups is 2. The summed E-state index contributed by atoms with van der Waals surface area (Å²) in [6, 6.07) is 16.6. The van der Waals surface area contributed by atoms with Crippen molar-refractivity contribution in [2.24, 2.45) is 0 Å². The molecule has 28 heavy (non-hydrogen) atoms. The lowest BCUT2D eigenvalue weighted by Gasteiger charge is -2.31. The van der Waals surface area contributed by atoms with Gasteiger partial charge in [-0.3, -0.25) is 4.79 Å². The van der Waals surface area contributed by atoms with Gasteiger partial charge in [0.2, 0.25) is 5.89 Å². The van der Waals surface area contributed by atoms with Crippen LogP contribution in [0.5, 0.6) is 0 Å². The average molecular weight is 378 g/mol. The van der Waals surface area contributed by atoms with Crippen molar-refractivity contribution in [3.05, 3.63) is 66.4 Å². The van der Waals surface area contributed by atoms with Crippen molar-refractivity contribution in [2.45, 2.75) is 6.10 Å². The van der Waals surface area contributed by atoms with E-state index in [4.69, 9.17) is 14.3 Å². The highest BCUT2D eigenvalue weighted by molar-refractivity contribution is 6.00. The molecule has 1 unspecified atom stereocenters. The zero-order chi connectivity index (χ0) is 19.5. The SMILES string of the molecule is O=C(O)C1CN(C(=O)c2ccccc2-c2ncc(-c3ccccc3)o2)CCO1. The number of carboxylic acid groups (broad SMARTS) is 1. The maximum absolute atomic E-state index is 13.0. The summed E-state index contributed by atoms with van der Waals surface area (Å²) >= 11 is 0. The molecule has 1 aromatic heterocycles. The molecule has 1 fully saturated rings. The molecule has 142 valence electrons. The van der Waals surface area contributed by atoms with Crippen molar-refractivity contribution < 1.29 is 23.8 Å². The summed E-state index contributed by atoms with van der Waals surface area (Å²) in [6.45, 7) is 0.517. The van der Waals surface area contributed by atoms with Gasteiger partial charge in [-0.05, 0) is 12.1 Å². The molecular formula is C21H18N2O5. The summed E-state index contributed by atoms with van der Waals surface area (Å²) < 4.78 is 11.1. The van der Waals surface area contributed by atoms with Gasteiger partial charge in [0.1, 0.15) is 0 Å². The van der Waals surface area contributed by atoms with Gasteiger partial charge in [0.25, 0.3) is 5.91 Å². The first kappa shape index (κ1) is 17.9. The second-order valence-electron chi connectivity index (χ2n) is 6.39. The van der Waals surface area contributed by atoms with Gasteiger partial charge in [-0.25, -0.2) is 9.78 Å². The van der Waals surface area contributed by atoms with Crippen LogP contribution in [0.3, 0.4) is 0 Å². The number of amides is 1. The third-order valence-corrected chi connectivity index (χ3v) is 4.58. The summed E-state index contributed by atoms with van der Waals surface area (Å²) in [5.41, 5.74) is 1.87. The van der Waals surface area contributed by atoms with Crippen LogP contribution in [-0.4, -0.2) is 52.7 Å². The number of hydrogen-bond acceptors (Lipinski definition) is 5. The fraction of sp³-hybridized carbons (Fsp3) is 0.190. The molecule has 3 aromatic rings. The van der Waals surface area contributed by atoms with Crippen LogP contribution in [0, 0.1) is 0 Å². The van der Waals surface area contributed by atoms with Gasteiger partial charge >= 0.3 is 5.97 Å². The van der Waals surface area contributed by atoms with E-state index in [1.807, 2.05) is 30.3 Å². The highest BCUT2D eigenvalue weighted by atomic mass is 16.5. The first-order chi connectivity index (χ1) is 13.6. The van der Waals surface area contributed by atoms with E-state index in [2.05, 4.69) is 4.98 Å². The first-order valence-corrected chi connectivity index (χ1v) is 8.88. The number of ether oxygens (including phenoxy) is 1. The van der Waals surface area contributed by atoms with Gasteiger partial charge in [-0.2, -0.15) is 0 Å². The largest absolute Gasteiger partial charge is 0.479 e. The fourth-order valence-electron chi connectivity index (χ4n) is 3.14. The summed E-state index contributed by atoms with van der Waals surface area (Å²) in [5.74, 6) is -0.406.